The Morgan fingerprint density at radius 3 is 2.76 bits per heavy atom. The minimum Gasteiger partial charge on any atom is -0.274 e. The lowest BCUT2D eigenvalue weighted by atomic mass is 10.2. The number of nitrogens with zero attached hydrogens (tertiary/aromatic N) is 2. The number of para-hydroxylation sites is 1. The van der Waals surface area contributed by atoms with Crippen molar-refractivity contribution in [3.8, 4) is 0 Å². The van der Waals surface area contributed by atoms with Gasteiger partial charge in [-0.05, 0) is 12.1 Å². The third kappa shape index (κ3) is 2.04. The quantitative estimate of drug-likeness (QED) is 0.840. The smallest absolute Gasteiger partial charge is 0.274 e. The summed E-state index contributed by atoms with van der Waals surface area (Å²) < 4.78 is 1.21. The number of aromatic nitrogens is 2. The highest BCUT2D eigenvalue weighted by atomic mass is 16.2. The SMILES string of the molecule is CCc1nc2ccccc2c(=O)n1NC(C)=O. The Labute approximate surface area is 98.1 Å². The molecular formula is C12H13N3O2. The summed E-state index contributed by atoms with van der Waals surface area (Å²) in [5.41, 5.74) is 2.89. The maximum absolute atomic E-state index is 12.2. The van der Waals surface area contributed by atoms with Crippen LogP contribution in [0.15, 0.2) is 29.1 Å². The monoisotopic (exact) mass is 231 g/mol. The van der Waals surface area contributed by atoms with Crippen molar-refractivity contribution >= 4 is 16.8 Å². The van der Waals surface area contributed by atoms with E-state index in [-0.39, 0.29) is 11.5 Å². The number of aryl methyl sites for hydroxylation is 1. The lowest BCUT2D eigenvalue weighted by Crippen LogP contribution is -2.35. The average Bonchev–Trinajstić information content (AvgIpc) is 2.32. The molecule has 0 unspecified atom stereocenters. The van der Waals surface area contributed by atoms with Gasteiger partial charge in [-0.25, -0.2) is 9.66 Å². The summed E-state index contributed by atoms with van der Waals surface area (Å²) in [6.45, 7) is 3.25. The van der Waals surface area contributed by atoms with Gasteiger partial charge in [-0.1, -0.05) is 19.1 Å². The number of benzene rings is 1. The molecule has 17 heavy (non-hydrogen) atoms. The summed E-state index contributed by atoms with van der Waals surface area (Å²) in [4.78, 5) is 27.6. The predicted molar refractivity (Wildman–Crippen MR) is 65.4 cm³/mol. The van der Waals surface area contributed by atoms with Gasteiger partial charge in [0.25, 0.3) is 5.56 Å². The van der Waals surface area contributed by atoms with Crippen molar-refractivity contribution in [1.29, 1.82) is 0 Å². The number of hydrogen-bond acceptors (Lipinski definition) is 3. The topological polar surface area (TPSA) is 64.0 Å². The fraction of sp³-hybridized carbons (Fsp3) is 0.250. The Hall–Kier alpha value is -2.17. The number of nitrogens with one attached hydrogen (secondary N) is 1. The first-order valence-electron chi connectivity index (χ1n) is 5.41. The van der Waals surface area contributed by atoms with Crippen molar-refractivity contribution in [3.05, 3.63) is 40.4 Å². The van der Waals surface area contributed by atoms with Crippen LogP contribution < -0.4 is 11.0 Å². The molecule has 0 atom stereocenters. The molecule has 0 radical (unpaired) electrons. The van der Waals surface area contributed by atoms with E-state index in [2.05, 4.69) is 10.4 Å². The predicted octanol–water partition coefficient (Wildman–Crippen LogP) is 1.05. The Kier molecular flexibility index (Phi) is 2.91. The van der Waals surface area contributed by atoms with Gasteiger partial charge in [0.2, 0.25) is 5.91 Å². The molecule has 5 heteroatoms. The van der Waals surface area contributed by atoms with E-state index >= 15 is 0 Å². The van der Waals surface area contributed by atoms with Crippen molar-refractivity contribution in [2.24, 2.45) is 0 Å². The van der Waals surface area contributed by atoms with Crippen LogP contribution >= 0.6 is 0 Å². The molecule has 5 nitrogen and oxygen atoms in total. The van der Waals surface area contributed by atoms with Crippen LogP contribution in [0, 0.1) is 0 Å². The molecule has 2 aromatic rings. The van der Waals surface area contributed by atoms with E-state index in [4.69, 9.17) is 0 Å². The highest BCUT2D eigenvalue weighted by molar-refractivity contribution is 5.82. The van der Waals surface area contributed by atoms with Gasteiger partial charge in [-0.15, -0.1) is 0 Å². The first kappa shape index (κ1) is 11.3. The number of carbonyl (C=O) groups is 1. The second-order valence-electron chi connectivity index (χ2n) is 3.71. The molecule has 0 aliphatic rings. The Morgan fingerprint density at radius 2 is 2.12 bits per heavy atom. The summed E-state index contributed by atoms with van der Waals surface area (Å²) in [5.74, 6) is 0.253. The molecule has 1 amide bonds. The largest absolute Gasteiger partial charge is 0.280 e. The summed E-state index contributed by atoms with van der Waals surface area (Å²) in [6.07, 6.45) is 0.570. The maximum atomic E-state index is 12.2. The third-order valence-electron chi connectivity index (χ3n) is 2.43. The highest BCUT2D eigenvalue weighted by Crippen LogP contribution is 2.07. The molecule has 2 rings (SSSR count). The molecule has 0 aliphatic heterocycles. The molecule has 0 fully saturated rings. The van der Waals surface area contributed by atoms with E-state index < -0.39 is 0 Å². The van der Waals surface area contributed by atoms with Crippen LogP contribution in [0.4, 0.5) is 0 Å². The molecule has 1 heterocycles. The van der Waals surface area contributed by atoms with Crippen molar-refractivity contribution in [1.82, 2.24) is 9.66 Å². The number of amides is 1. The number of carbonyl (C=O) groups excluding carboxylic acids is 1. The zero-order valence-electron chi connectivity index (χ0n) is 9.73. The molecule has 88 valence electrons. The van der Waals surface area contributed by atoms with Crippen LogP contribution in [-0.4, -0.2) is 15.6 Å². The van der Waals surface area contributed by atoms with Gasteiger partial charge in [-0.3, -0.25) is 15.0 Å². The molecule has 0 aliphatic carbocycles. The number of rotatable bonds is 2. The van der Waals surface area contributed by atoms with E-state index in [0.29, 0.717) is 23.1 Å². The van der Waals surface area contributed by atoms with Gasteiger partial charge in [-0.2, -0.15) is 0 Å². The summed E-state index contributed by atoms with van der Waals surface area (Å²) >= 11 is 0. The van der Waals surface area contributed by atoms with Crippen molar-refractivity contribution in [2.75, 3.05) is 5.43 Å². The van der Waals surface area contributed by atoms with Gasteiger partial charge < -0.3 is 0 Å². The lowest BCUT2D eigenvalue weighted by molar-refractivity contribution is -0.115. The first-order chi connectivity index (χ1) is 8.13. The van der Waals surface area contributed by atoms with Crippen LogP contribution in [0.2, 0.25) is 0 Å². The Balaban J connectivity index is 2.76. The van der Waals surface area contributed by atoms with Crippen LogP contribution in [0.1, 0.15) is 19.7 Å². The molecule has 1 N–H and O–H groups in total. The maximum Gasteiger partial charge on any atom is 0.280 e. The van der Waals surface area contributed by atoms with Crippen LogP contribution in [0.3, 0.4) is 0 Å². The second-order valence-corrected chi connectivity index (χ2v) is 3.71. The van der Waals surface area contributed by atoms with Crippen molar-refractivity contribution in [3.63, 3.8) is 0 Å². The second kappa shape index (κ2) is 4.37. The van der Waals surface area contributed by atoms with Gasteiger partial charge in [0.05, 0.1) is 10.9 Å². The average molecular weight is 231 g/mol. The molecule has 0 spiro atoms. The third-order valence-corrected chi connectivity index (χ3v) is 2.43. The van der Waals surface area contributed by atoms with Gasteiger partial charge in [0.1, 0.15) is 5.82 Å². The summed E-state index contributed by atoms with van der Waals surface area (Å²) in [7, 11) is 0. The number of fused-ring (bicyclic) bond motifs is 1. The fourth-order valence-electron chi connectivity index (χ4n) is 1.69. The Morgan fingerprint density at radius 1 is 1.41 bits per heavy atom. The zero-order chi connectivity index (χ0) is 12.4. The summed E-state index contributed by atoms with van der Waals surface area (Å²) in [5, 5.41) is 0.499. The van der Waals surface area contributed by atoms with Gasteiger partial charge >= 0.3 is 0 Å². The van der Waals surface area contributed by atoms with Crippen molar-refractivity contribution < 1.29 is 4.79 Å². The number of hydrogen-bond donors (Lipinski definition) is 1. The summed E-state index contributed by atoms with van der Waals surface area (Å²) in [6, 6.07) is 7.09. The van der Waals surface area contributed by atoms with E-state index in [9.17, 15) is 9.59 Å². The van der Waals surface area contributed by atoms with Crippen LogP contribution in [-0.2, 0) is 11.2 Å². The van der Waals surface area contributed by atoms with Crippen LogP contribution in [0.25, 0.3) is 10.9 Å². The highest BCUT2D eigenvalue weighted by Gasteiger charge is 2.09. The molecule has 0 bridgehead atoms. The Bertz CT molecular complexity index is 631. The van der Waals surface area contributed by atoms with E-state index in [1.54, 1.807) is 18.2 Å². The normalized spacial score (nSPS) is 10.5. The van der Waals surface area contributed by atoms with Crippen LogP contribution in [0.5, 0.6) is 0 Å². The van der Waals surface area contributed by atoms with E-state index in [1.165, 1.54) is 11.6 Å². The van der Waals surface area contributed by atoms with Gasteiger partial charge in [0, 0.05) is 13.3 Å². The molecule has 0 saturated carbocycles. The molecule has 0 saturated heterocycles. The van der Waals surface area contributed by atoms with Gasteiger partial charge in [0.15, 0.2) is 0 Å². The molecular weight excluding hydrogens is 218 g/mol. The first-order valence-corrected chi connectivity index (χ1v) is 5.41. The molecule has 1 aromatic heterocycles. The minimum absolute atomic E-state index is 0.248. The minimum atomic E-state index is -0.293. The fourth-order valence-corrected chi connectivity index (χ4v) is 1.69. The standard InChI is InChI=1S/C12H13N3O2/c1-3-11-13-10-7-5-4-6-9(10)12(17)15(11)14-8(2)16/h4-7H,3H2,1-2H3,(H,14,16). The van der Waals surface area contributed by atoms with E-state index in [1.807, 2.05) is 13.0 Å². The van der Waals surface area contributed by atoms with Crippen molar-refractivity contribution in [2.45, 2.75) is 20.3 Å². The molecule has 1 aromatic carbocycles. The lowest BCUT2D eigenvalue weighted by Gasteiger charge is -2.11. The zero-order valence-corrected chi connectivity index (χ0v) is 9.73. The van der Waals surface area contributed by atoms with E-state index in [0.717, 1.165) is 0 Å².